The zero-order valence-corrected chi connectivity index (χ0v) is 18.0. The highest BCUT2D eigenvalue weighted by atomic mass is 32.2. The maximum absolute atomic E-state index is 12.9. The number of para-hydroxylation sites is 1. The number of sulfonamides is 2. The summed E-state index contributed by atoms with van der Waals surface area (Å²) in [6.07, 6.45) is 0.814. The van der Waals surface area contributed by atoms with Crippen LogP contribution in [0.15, 0.2) is 70.1 Å². The predicted octanol–water partition coefficient (Wildman–Crippen LogP) is 0.777. The lowest BCUT2D eigenvalue weighted by molar-refractivity contribution is -0.138. The Morgan fingerprint density at radius 2 is 1.55 bits per heavy atom. The number of nitrogens with one attached hydrogen (secondary N) is 2. The summed E-state index contributed by atoms with van der Waals surface area (Å²) in [5, 5.41) is 7.58. The number of anilines is 2. The van der Waals surface area contributed by atoms with Crippen molar-refractivity contribution < 1.29 is 35.9 Å². The summed E-state index contributed by atoms with van der Waals surface area (Å²) in [4.78, 5) is 23.0. The van der Waals surface area contributed by atoms with Gasteiger partial charge >= 0.3 is 11.9 Å². The van der Waals surface area contributed by atoms with Gasteiger partial charge in [-0.3, -0.25) is 4.72 Å². The third kappa shape index (κ3) is 6.28. The van der Waals surface area contributed by atoms with Crippen LogP contribution in [-0.4, -0.2) is 43.0 Å². The normalized spacial score (nSPS) is 12.0. The van der Waals surface area contributed by atoms with Gasteiger partial charge in [-0.15, -0.1) is 0 Å². The Balaban J connectivity index is 2.40. The van der Waals surface area contributed by atoms with Gasteiger partial charge in [0.05, 0.1) is 30.9 Å². The van der Waals surface area contributed by atoms with Gasteiger partial charge in [-0.05, 0) is 36.4 Å². The van der Waals surface area contributed by atoms with Crippen LogP contribution in [0.25, 0.3) is 0 Å². The first-order valence-electron chi connectivity index (χ1n) is 8.37. The van der Waals surface area contributed by atoms with Crippen LogP contribution < -0.4 is 15.2 Å². The SMILES string of the molecule is COC(=O)/C=C(/Nc1ccccc1S(=O)(=O)Nc1ccc(S(N)(=O)=O)cc1)C(=O)OC. The molecule has 0 unspecified atom stereocenters. The second kappa shape index (κ2) is 9.59. The molecule has 0 aliphatic rings. The molecule has 4 N–H and O–H groups in total. The topological polar surface area (TPSA) is 171 Å². The van der Waals surface area contributed by atoms with E-state index < -0.39 is 32.0 Å². The maximum atomic E-state index is 12.9. The van der Waals surface area contributed by atoms with Crippen molar-refractivity contribution in [2.75, 3.05) is 24.3 Å². The third-order valence-electron chi connectivity index (χ3n) is 3.75. The molecule has 13 heteroatoms. The van der Waals surface area contributed by atoms with Crippen molar-refractivity contribution in [1.29, 1.82) is 0 Å². The van der Waals surface area contributed by atoms with Crippen molar-refractivity contribution in [2.24, 2.45) is 5.14 Å². The summed E-state index contributed by atoms with van der Waals surface area (Å²) >= 11 is 0. The number of hydrogen-bond donors (Lipinski definition) is 3. The number of carbonyl (C=O) groups is 2. The molecule has 0 heterocycles. The van der Waals surface area contributed by atoms with E-state index >= 15 is 0 Å². The van der Waals surface area contributed by atoms with Crippen molar-refractivity contribution in [3.8, 4) is 0 Å². The lowest BCUT2D eigenvalue weighted by Crippen LogP contribution is -2.19. The van der Waals surface area contributed by atoms with Gasteiger partial charge in [0.25, 0.3) is 10.0 Å². The molecular formula is C18H19N3O8S2. The average Bonchev–Trinajstić information content (AvgIpc) is 2.72. The Bertz CT molecular complexity index is 1220. The molecule has 0 fully saturated rings. The molecule has 0 bridgehead atoms. The fraction of sp³-hybridized carbons (Fsp3) is 0.111. The number of hydrogen-bond acceptors (Lipinski definition) is 9. The van der Waals surface area contributed by atoms with Crippen molar-refractivity contribution in [2.45, 2.75) is 9.79 Å². The Labute approximate surface area is 178 Å². The molecule has 0 amide bonds. The Morgan fingerprint density at radius 3 is 2.10 bits per heavy atom. The molecule has 0 atom stereocenters. The number of rotatable bonds is 8. The Morgan fingerprint density at radius 1 is 0.935 bits per heavy atom. The van der Waals surface area contributed by atoms with E-state index in [1.54, 1.807) is 0 Å². The van der Waals surface area contributed by atoms with Gasteiger partial charge in [-0.25, -0.2) is 31.6 Å². The smallest absolute Gasteiger partial charge is 0.354 e. The number of esters is 2. The Hall–Kier alpha value is -3.42. The summed E-state index contributed by atoms with van der Waals surface area (Å²) in [5.74, 6) is -1.79. The molecule has 2 aromatic rings. The molecule has 0 saturated carbocycles. The van der Waals surface area contributed by atoms with Crippen LogP contribution in [0.2, 0.25) is 0 Å². The zero-order chi connectivity index (χ0) is 23.2. The highest BCUT2D eigenvalue weighted by Crippen LogP contribution is 2.25. The average molecular weight is 469 g/mol. The minimum atomic E-state index is -4.19. The minimum Gasteiger partial charge on any atom is -0.466 e. The second-order valence-corrected chi connectivity index (χ2v) is 9.08. The molecular weight excluding hydrogens is 450 g/mol. The highest BCUT2D eigenvalue weighted by molar-refractivity contribution is 7.93. The van der Waals surface area contributed by atoms with Crippen molar-refractivity contribution in [3.05, 3.63) is 60.3 Å². The number of primary sulfonamides is 1. The number of benzene rings is 2. The van der Waals surface area contributed by atoms with Crippen LogP contribution in [-0.2, 0) is 39.1 Å². The maximum Gasteiger partial charge on any atom is 0.354 e. The molecule has 0 aliphatic carbocycles. The molecule has 31 heavy (non-hydrogen) atoms. The molecule has 11 nitrogen and oxygen atoms in total. The first kappa shape index (κ1) is 23.9. The van der Waals surface area contributed by atoms with Gasteiger partial charge in [0, 0.05) is 5.69 Å². The second-order valence-electron chi connectivity index (χ2n) is 5.87. The van der Waals surface area contributed by atoms with E-state index in [4.69, 9.17) is 5.14 Å². The summed E-state index contributed by atoms with van der Waals surface area (Å²) in [5.41, 5.74) is -0.313. The van der Waals surface area contributed by atoms with E-state index in [1.165, 1.54) is 36.4 Å². The number of ether oxygens (including phenoxy) is 2. The van der Waals surface area contributed by atoms with Gasteiger partial charge in [0.15, 0.2) is 0 Å². The number of carbonyl (C=O) groups excluding carboxylic acids is 2. The number of nitrogens with two attached hydrogens (primary N) is 1. The quantitative estimate of drug-likeness (QED) is 0.373. The predicted molar refractivity (Wildman–Crippen MR) is 111 cm³/mol. The largest absolute Gasteiger partial charge is 0.466 e. The first-order valence-corrected chi connectivity index (χ1v) is 11.4. The molecule has 166 valence electrons. The van der Waals surface area contributed by atoms with Gasteiger partial charge in [0.1, 0.15) is 10.6 Å². The van der Waals surface area contributed by atoms with E-state index in [0.717, 1.165) is 32.4 Å². The molecule has 0 spiro atoms. The lowest BCUT2D eigenvalue weighted by Gasteiger charge is -2.15. The third-order valence-corrected chi connectivity index (χ3v) is 6.12. The van der Waals surface area contributed by atoms with E-state index in [0.29, 0.717) is 0 Å². The molecule has 2 aromatic carbocycles. The lowest BCUT2D eigenvalue weighted by atomic mass is 10.3. The van der Waals surface area contributed by atoms with Crippen molar-refractivity contribution in [3.63, 3.8) is 0 Å². The van der Waals surface area contributed by atoms with E-state index in [2.05, 4.69) is 19.5 Å². The molecule has 0 saturated heterocycles. The van der Waals surface area contributed by atoms with E-state index in [1.807, 2.05) is 0 Å². The Kier molecular flexibility index (Phi) is 7.38. The van der Waals surface area contributed by atoms with Gasteiger partial charge in [0.2, 0.25) is 10.0 Å². The van der Waals surface area contributed by atoms with Gasteiger partial charge in [-0.1, -0.05) is 12.1 Å². The summed E-state index contributed by atoms with van der Waals surface area (Å²) in [7, 11) is -5.93. The van der Waals surface area contributed by atoms with Gasteiger partial charge < -0.3 is 14.8 Å². The van der Waals surface area contributed by atoms with Crippen LogP contribution in [0, 0.1) is 0 Å². The highest BCUT2D eigenvalue weighted by Gasteiger charge is 2.21. The van der Waals surface area contributed by atoms with Crippen LogP contribution in [0.5, 0.6) is 0 Å². The fourth-order valence-corrected chi connectivity index (χ4v) is 4.04. The zero-order valence-electron chi connectivity index (χ0n) is 16.4. The summed E-state index contributed by atoms with van der Waals surface area (Å²) in [6, 6.07) is 10.3. The number of methoxy groups -OCH3 is 2. The molecule has 2 rings (SSSR count). The monoisotopic (exact) mass is 469 g/mol. The van der Waals surface area contributed by atoms with Crippen LogP contribution in [0.4, 0.5) is 11.4 Å². The molecule has 0 aliphatic heterocycles. The van der Waals surface area contributed by atoms with Crippen molar-refractivity contribution in [1.82, 2.24) is 0 Å². The van der Waals surface area contributed by atoms with Crippen molar-refractivity contribution >= 4 is 43.4 Å². The molecule has 0 aromatic heterocycles. The van der Waals surface area contributed by atoms with Crippen LogP contribution >= 0.6 is 0 Å². The van der Waals surface area contributed by atoms with E-state index in [9.17, 15) is 26.4 Å². The summed E-state index contributed by atoms with van der Waals surface area (Å²) < 4.78 is 59.8. The summed E-state index contributed by atoms with van der Waals surface area (Å²) in [6.45, 7) is 0. The van der Waals surface area contributed by atoms with Gasteiger partial charge in [-0.2, -0.15) is 0 Å². The fourth-order valence-electron chi connectivity index (χ4n) is 2.30. The standard InChI is InChI=1S/C18H19N3O8S2/c1-28-17(22)11-15(18(23)29-2)20-14-5-3-4-6-16(14)31(26,27)21-12-7-9-13(10-8-12)30(19,24)25/h3-11,20-21H,1-2H3,(H2,19,24,25)/b15-11+. The minimum absolute atomic E-state index is 0.0308. The van der Waals surface area contributed by atoms with Crippen LogP contribution in [0.1, 0.15) is 0 Å². The molecule has 0 radical (unpaired) electrons. The van der Waals surface area contributed by atoms with E-state index in [-0.39, 0.29) is 26.9 Å². The first-order chi connectivity index (χ1) is 14.5. The van der Waals surface area contributed by atoms with Crippen LogP contribution in [0.3, 0.4) is 0 Å².